The van der Waals surface area contributed by atoms with E-state index in [1.807, 2.05) is 25.1 Å². The molecule has 0 aliphatic rings. The van der Waals surface area contributed by atoms with Crippen molar-refractivity contribution in [1.82, 2.24) is 9.97 Å². The molecule has 1 aromatic heterocycles. The highest BCUT2D eigenvalue weighted by atomic mass is 35.5. The number of hydrogen-bond acceptors (Lipinski definition) is 5. The lowest BCUT2D eigenvalue weighted by atomic mass is 10.2. The second-order valence-electron chi connectivity index (χ2n) is 5.91. The minimum Gasteiger partial charge on any atom is -0.324 e. The van der Waals surface area contributed by atoms with Crippen LogP contribution in [0.15, 0.2) is 48.5 Å². The van der Waals surface area contributed by atoms with Gasteiger partial charge in [0.2, 0.25) is 5.95 Å². The Bertz CT molecular complexity index is 1060. The number of benzene rings is 2. The lowest BCUT2D eigenvalue weighted by molar-refractivity contribution is 0.102. The third kappa shape index (κ3) is 4.40. The summed E-state index contributed by atoms with van der Waals surface area (Å²) in [5.74, 6) is -0.113. The molecule has 0 aliphatic heterocycles. The first kappa shape index (κ1) is 18.4. The van der Waals surface area contributed by atoms with Gasteiger partial charge in [0.15, 0.2) is 0 Å². The van der Waals surface area contributed by atoms with Gasteiger partial charge in [0.05, 0.1) is 11.3 Å². The molecule has 0 fully saturated rings. The molecular formula is C20H16ClN5O. The largest absolute Gasteiger partial charge is 0.324 e. The Morgan fingerprint density at radius 3 is 2.59 bits per heavy atom. The normalized spacial score (nSPS) is 10.1. The molecule has 2 N–H and O–H groups in total. The average molecular weight is 378 g/mol. The van der Waals surface area contributed by atoms with E-state index in [0.29, 0.717) is 27.9 Å². The predicted molar refractivity (Wildman–Crippen MR) is 105 cm³/mol. The number of carbonyl (C=O) groups excluding carboxylic acids is 1. The lowest BCUT2D eigenvalue weighted by Crippen LogP contribution is -2.16. The van der Waals surface area contributed by atoms with E-state index in [4.69, 9.17) is 16.9 Å². The molecule has 0 aliphatic carbocycles. The van der Waals surface area contributed by atoms with E-state index < -0.39 is 5.91 Å². The number of nitrogens with one attached hydrogen (secondary N) is 2. The van der Waals surface area contributed by atoms with Crippen LogP contribution >= 0.6 is 11.6 Å². The van der Waals surface area contributed by atoms with E-state index in [0.717, 1.165) is 11.3 Å². The maximum Gasteiger partial charge on any atom is 0.274 e. The molecule has 0 spiro atoms. The molecule has 3 aromatic rings. The van der Waals surface area contributed by atoms with Gasteiger partial charge < -0.3 is 10.6 Å². The van der Waals surface area contributed by atoms with Crippen molar-refractivity contribution in [2.45, 2.75) is 13.8 Å². The van der Waals surface area contributed by atoms with Crippen LogP contribution in [0.1, 0.15) is 27.3 Å². The summed E-state index contributed by atoms with van der Waals surface area (Å²) < 4.78 is 0. The lowest BCUT2D eigenvalue weighted by Gasteiger charge is -2.11. The van der Waals surface area contributed by atoms with Crippen LogP contribution in [0.3, 0.4) is 0 Å². The van der Waals surface area contributed by atoms with E-state index in [2.05, 4.69) is 20.6 Å². The first-order chi connectivity index (χ1) is 13.0. The van der Waals surface area contributed by atoms with E-state index in [1.165, 1.54) is 0 Å². The quantitative estimate of drug-likeness (QED) is 0.692. The molecule has 0 saturated carbocycles. The van der Waals surface area contributed by atoms with Gasteiger partial charge in [0.25, 0.3) is 5.91 Å². The first-order valence-corrected chi connectivity index (χ1v) is 8.53. The summed E-state index contributed by atoms with van der Waals surface area (Å²) in [6.07, 6.45) is 0. The van der Waals surface area contributed by atoms with Crippen molar-refractivity contribution >= 4 is 34.8 Å². The van der Waals surface area contributed by atoms with E-state index in [9.17, 15) is 4.79 Å². The van der Waals surface area contributed by atoms with Crippen molar-refractivity contribution in [3.8, 4) is 6.07 Å². The molecule has 27 heavy (non-hydrogen) atoms. The molecule has 2 aromatic carbocycles. The Hall–Kier alpha value is -3.43. The van der Waals surface area contributed by atoms with Gasteiger partial charge in [-0.1, -0.05) is 23.7 Å². The van der Waals surface area contributed by atoms with E-state index in [1.54, 1.807) is 43.3 Å². The maximum absolute atomic E-state index is 12.6. The van der Waals surface area contributed by atoms with Crippen molar-refractivity contribution in [3.05, 3.63) is 76.1 Å². The minimum atomic E-state index is -0.418. The van der Waals surface area contributed by atoms with Gasteiger partial charge >= 0.3 is 0 Å². The fourth-order valence-electron chi connectivity index (χ4n) is 2.50. The monoisotopic (exact) mass is 377 g/mol. The van der Waals surface area contributed by atoms with Crippen molar-refractivity contribution < 1.29 is 4.79 Å². The van der Waals surface area contributed by atoms with Crippen LogP contribution in [-0.4, -0.2) is 15.9 Å². The fraction of sp³-hybridized carbons (Fsp3) is 0.100. The van der Waals surface area contributed by atoms with Gasteiger partial charge in [0.1, 0.15) is 11.8 Å². The number of anilines is 3. The Labute approximate surface area is 161 Å². The number of halogens is 1. The third-order valence-corrected chi connectivity index (χ3v) is 4.05. The van der Waals surface area contributed by atoms with Gasteiger partial charge in [-0.25, -0.2) is 9.97 Å². The highest BCUT2D eigenvalue weighted by Crippen LogP contribution is 2.22. The number of amides is 1. The van der Waals surface area contributed by atoms with Crippen LogP contribution in [-0.2, 0) is 0 Å². The minimum absolute atomic E-state index is 0.198. The number of aryl methyl sites for hydroxylation is 2. The summed E-state index contributed by atoms with van der Waals surface area (Å²) in [4.78, 5) is 21.2. The zero-order valence-electron chi connectivity index (χ0n) is 14.7. The fourth-order valence-corrected chi connectivity index (χ4v) is 2.73. The molecule has 1 heterocycles. The second-order valence-corrected chi connectivity index (χ2v) is 6.35. The Morgan fingerprint density at radius 1 is 1.07 bits per heavy atom. The van der Waals surface area contributed by atoms with Gasteiger partial charge in [0, 0.05) is 16.4 Å². The Balaban J connectivity index is 1.86. The third-order valence-electron chi connectivity index (χ3n) is 3.82. The van der Waals surface area contributed by atoms with Gasteiger partial charge in [-0.2, -0.15) is 5.26 Å². The summed E-state index contributed by atoms with van der Waals surface area (Å²) in [5.41, 5.74) is 3.38. The van der Waals surface area contributed by atoms with Crippen LogP contribution < -0.4 is 10.6 Å². The SMILES string of the molecule is Cc1cc(C(=O)Nc2ccccc2C#N)nc(Nc2ccc(Cl)cc2C)n1. The summed E-state index contributed by atoms with van der Waals surface area (Å²) in [6.45, 7) is 3.69. The average Bonchev–Trinajstić information content (AvgIpc) is 2.64. The van der Waals surface area contributed by atoms with Crippen molar-refractivity contribution in [3.63, 3.8) is 0 Å². The van der Waals surface area contributed by atoms with E-state index >= 15 is 0 Å². The van der Waals surface area contributed by atoms with Crippen molar-refractivity contribution in [2.75, 3.05) is 10.6 Å². The van der Waals surface area contributed by atoms with Gasteiger partial charge in [-0.05, 0) is 55.8 Å². The number of aromatic nitrogens is 2. The molecule has 0 atom stereocenters. The molecule has 0 saturated heterocycles. The van der Waals surface area contributed by atoms with Crippen molar-refractivity contribution in [1.29, 1.82) is 5.26 Å². The van der Waals surface area contributed by atoms with Gasteiger partial charge in [-0.3, -0.25) is 4.79 Å². The second kappa shape index (κ2) is 7.85. The summed E-state index contributed by atoms with van der Waals surface area (Å²) in [6, 6.07) is 15.8. The topological polar surface area (TPSA) is 90.7 Å². The smallest absolute Gasteiger partial charge is 0.274 e. The summed E-state index contributed by atoms with van der Waals surface area (Å²) in [5, 5.41) is 15.6. The highest BCUT2D eigenvalue weighted by Gasteiger charge is 2.13. The molecule has 6 nitrogen and oxygen atoms in total. The molecule has 0 bridgehead atoms. The van der Waals surface area contributed by atoms with Crippen LogP contribution in [0.25, 0.3) is 0 Å². The number of hydrogen-bond donors (Lipinski definition) is 2. The van der Waals surface area contributed by atoms with Gasteiger partial charge in [-0.15, -0.1) is 0 Å². The molecule has 0 radical (unpaired) electrons. The molecule has 0 unspecified atom stereocenters. The molecule has 1 amide bonds. The molecule has 7 heteroatoms. The molecule has 134 valence electrons. The van der Waals surface area contributed by atoms with Crippen LogP contribution in [0.4, 0.5) is 17.3 Å². The van der Waals surface area contributed by atoms with Crippen LogP contribution in [0.5, 0.6) is 0 Å². The zero-order chi connectivity index (χ0) is 19.4. The van der Waals surface area contributed by atoms with Crippen molar-refractivity contribution in [2.24, 2.45) is 0 Å². The number of nitrogens with zero attached hydrogens (tertiary/aromatic N) is 3. The summed E-state index contributed by atoms with van der Waals surface area (Å²) in [7, 11) is 0. The predicted octanol–water partition coefficient (Wildman–Crippen LogP) is 4.61. The molecule has 3 rings (SSSR count). The number of carbonyl (C=O) groups is 1. The van der Waals surface area contributed by atoms with E-state index in [-0.39, 0.29) is 5.69 Å². The molecular weight excluding hydrogens is 362 g/mol. The summed E-state index contributed by atoms with van der Waals surface area (Å²) >= 11 is 5.98. The standard InChI is InChI=1S/C20H16ClN5O/c1-12-9-15(21)7-8-16(12)25-20-23-13(2)10-18(26-20)19(27)24-17-6-4-3-5-14(17)11-22/h3-10H,1-2H3,(H,24,27)(H,23,25,26). The maximum atomic E-state index is 12.6. The highest BCUT2D eigenvalue weighted by molar-refractivity contribution is 6.30. The first-order valence-electron chi connectivity index (χ1n) is 8.15. The van der Waals surface area contributed by atoms with Crippen LogP contribution in [0, 0.1) is 25.2 Å². The Kier molecular flexibility index (Phi) is 5.34. The zero-order valence-corrected chi connectivity index (χ0v) is 15.5. The number of para-hydroxylation sites is 1. The Morgan fingerprint density at radius 2 is 1.85 bits per heavy atom. The van der Waals surface area contributed by atoms with Crippen LogP contribution in [0.2, 0.25) is 5.02 Å². The number of rotatable bonds is 4. The number of nitriles is 1.